The van der Waals surface area contributed by atoms with Crippen molar-refractivity contribution in [3.8, 4) is 5.75 Å². The molecule has 0 bridgehead atoms. The van der Waals surface area contributed by atoms with Gasteiger partial charge in [0.05, 0.1) is 7.11 Å². The first-order valence-electron chi connectivity index (χ1n) is 8.42. The molecule has 0 radical (unpaired) electrons. The second kappa shape index (κ2) is 9.21. The normalized spacial score (nSPS) is 12.2. The van der Waals surface area contributed by atoms with Crippen molar-refractivity contribution < 1.29 is 4.74 Å². The zero-order valence-electron chi connectivity index (χ0n) is 14.5. The summed E-state index contributed by atoms with van der Waals surface area (Å²) in [6.45, 7) is 7.62. The molecule has 0 aliphatic rings. The lowest BCUT2D eigenvalue weighted by Crippen LogP contribution is -2.38. The lowest BCUT2D eigenvalue weighted by Gasteiger charge is -2.27. The van der Waals surface area contributed by atoms with E-state index in [2.05, 4.69) is 66.5 Å². The van der Waals surface area contributed by atoms with E-state index in [1.165, 1.54) is 5.56 Å². The monoisotopic (exact) mass is 312 g/mol. The molecule has 0 spiro atoms. The average Bonchev–Trinajstić information content (AvgIpc) is 2.61. The number of benzene rings is 2. The molecule has 1 unspecified atom stereocenters. The molecular formula is C20H28N2O. The predicted octanol–water partition coefficient (Wildman–Crippen LogP) is 4.06. The first-order chi connectivity index (χ1) is 11.2. The van der Waals surface area contributed by atoms with Crippen molar-refractivity contribution in [3.63, 3.8) is 0 Å². The van der Waals surface area contributed by atoms with E-state index in [0.717, 1.165) is 37.5 Å². The summed E-state index contributed by atoms with van der Waals surface area (Å²) in [5.74, 6) is 0.888. The van der Waals surface area contributed by atoms with E-state index in [1.54, 1.807) is 7.11 Å². The standard InChI is InChI=1S/C20H28N2O/c1-4-22(5-2)16-19(15-17-9-7-6-8-10-17)21-18-11-13-20(23-3)14-12-18/h6-14,19,21H,4-5,15-16H2,1-3H3. The van der Waals surface area contributed by atoms with Gasteiger partial charge in [0, 0.05) is 18.3 Å². The maximum atomic E-state index is 5.23. The smallest absolute Gasteiger partial charge is 0.119 e. The Morgan fingerprint density at radius 1 is 0.957 bits per heavy atom. The van der Waals surface area contributed by atoms with Gasteiger partial charge in [0.1, 0.15) is 5.75 Å². The second-order valence-corrected chi connectivity index (χ2v) is 5.75. The highest BCUT2D eigenvalue weighted by Crippen LogP contribution is 2.17. The summed E-state index contributed by atoms with van der Waals surface area (Å²) in [5.41, 5.74) is 2.50. The number of ether oxygens (including phenoxy) is 1. The van der Waals surface area contributed by atoms with E-state index in [9.17, 15) is 0 Å². The van der Waals surface area contributed by atoms with Crippen LogP contribution in [0.3, 0.4) is 0 Å². The Balaban J connectivity index is 2.07. The van der Waals surface area contributed by atoms with Gasteiger partial charge in [0.25, 0.3) is 0 Å². The van der Waals surface area contributed by atoms with E-state index in [0.29, 0.717) is 6.04 Å². The van der Waals surface area contributed by atoms with Crippen LogP contribution in [0.15, 0.2) is 54.6 Å². The Labute approximate surface area is 140 Å². The van der Waals surface area contributed by atoms with Gasteiger partial charge in [-0.2, -0.15) is 0 Å². The second-order valence-electron chi connectivity index (χ2n) is 5.75. The Bertz CT molecular complexity index is 550. The number of likely N-dealkylation sites (N-methyl/N-ethyl adjacent to an activating group) is 1. The van der Waals surface area contributed by atoms with Crippen molar-refractivity contribution in [1.82, 2.24) is 4.90 Å². The highest BCUT2D eigenvalue weighted by Gasteiger charge is 2.13. The molecule has 0 saturated carbocycles. The lowest BCUT2D eigenvalue weighted by molar-refractivity contribution is 0.289. The van der Waals surface area contributed by atoms with Crippen LogP contribution in [-0.2, 0) is 6.42 Å². The number of nitrogens with zero attached hydrogens (tertiary/aromatic N) is 1. The highest BCUT2D eigenvalue weighted by atomic mass is 16.5. The van der Waals surface area contributed by atoms with Gasteiger partial charge in [-0.3, -0.25) is 0 Å². The Morgan fingerprint density at radius 2 is 1.61 bits per heavy atom. The van der Waals surface area contributed by atoms with Crippen LogP contribution in [-0.4, -0.2) is 37.7 Å². The molecule has 124 valence electrons. The van der Waals surface area contributed by atoms with E-state index < -0.39 is 0 Å². The maximum absolute atomic E-state index is 5.23. The Kier molecular flexibility index (Phi) is 6.95. The molecule has 0 heterocycles. The number of hydrogen-bond acceptors (Lipinski definition) is 3. The predicted molar refractivity (Wildman–Crippen MR) is 98.3 cm³/mol. The van der Waals surface area contributed by atoms with Crippen LogP contribution in [0.5, 0.6) is 5.75 Å². The van der Waals surface area contributed by atoms with Gasteiger partial charge in [0.2, 0.25) is 0 Å². The average molecular weight is 312 g/mol. The van der Waals surface area contributed by atoms with Crippen LogP contribution in [0.25, 0.3) is 0 Å². The zero-order valence-corrected chi connectivity index (χ0v) is 14.5. The van der Waals surface area contributed by atoms with Crippen LogP contribution in [0.4, 0.5) is 5.69 Å². The highest BCUT2D eigenvalue weighted by molar-refractivity contribution is 5.47. The topological polar surface area (TPSA) is 24.5 Å². The third kappa shape index (κ3) is 5.61. The van der Waals surface area contributed by atoms with Crippen molar-refractivity contribution in [3.05, 3.63) is 60.2 Å². The third-order valence-corrected chi connectivity index (χ3v) is 4.16. The van der Waals surface area contributed by atoms with E-state index in [4.69, 9.17) is 4.74 Å². The number of methoxy groups -OCH3 is 1. The van der Waals surface area contributed by atoms with Gasteiger partial charge in [-0.1, -0.05) is 44.2 Å². The molecule has 3 heteroatoms. The quantitative estimate of drug-likeness (QED) is 0.755. The van der Waals surface area contributed by atoms with Crippen LogP contribution in [0.1, 0.15) is 19.4 Å². The first kappa shape index (κ1) is 17.4. The summed E-state index contributed by atoms with van der Waals surface area (Å²) in [7, 11) is 1.70. The Morgan fingerprint density at radius 3 is 2.17 bits per heavy atom. The molecule has 0 saturated heterocycles. The molecule has 2 aromatic carbocycles. The van der Waals surface area contributed by atoms with E-state index in [-0.39, 0.29) is 0 Å². The Hall–Kier alpha value is -2.00. The number of rotatable bonds is 9. The third-order valence-electron chi connectivity index (χ3n) is 4.16. The summed E-state index contributed by atoms with van der Waals surface area (Å²) >= 11 is 0. The van der Waals surface area contributed by atoms with Gasteiger partial charge in [-0.15, -0.1) is 0 Å². The lowest BCUT2D eigenvalue weighted by atomic mass is 10.0. The van der Waals surface area contributed by atoms with Crippen molar-refractivity contribution in [2.45, 2.75) is 26.3 Å². The minimum absolute atomic E-state index is 0.380. The molecule has 0 aliphatic heterocycles. The van der Waals surface area contributed by atoms with Crippen molar-refractivity contribution in [1.29, 1.82) is 0 Å². The zero-order chi connectivity index (χ0) is 16.5. The maximum Gasteiger partial charge on any atom is 0.119 e. The molecule has 2 aromatic rings. The largest absolute Gasteiger partial charge is 0.497 e. The van der Waals surface area contributed by atoms with Crippen LogP contribution >= 0.6 is 0 Å². The van der Waals surface area contributed by atoms with Gasteiger partial charge in [0.15, 0.2) is 0 Å². The van der Waals surface area contributed by atoms with Crippen molar-refractivity contribution in [2.75, 3.05) is 32.1 Å². The minimum atomic E-state index is 0.380. The molecule has 0 aliphatic carbocycles. The molecule has 0 fully saturated rings. The molecule has 3 nitrogen and oxygen atoms in total. The molecule has 2 rings (SSSR count). The van der Waals surface area contributed by atoms with Crippen molar-refractivity contribution in [2.24, 2.45) is 0 Å². The van der Waals surface area contributed by atoms with Gasteiger partial charge in [-0.25, -0.2) is 0 Å². The van der Waals surface area contributed by atoms with Gasteiger partial charge in [-0.05, 0) is 49.3 Å². The minimum Gasteiger partial charge on any atom is -0.497 e. The summed E-state index contributed by atoms with van der Waals surface area (Å²) in [5, 5.41) is 3.68. The molecule has 1 atom stereocenters. The summed E-state index contributed by atoms with van der Waals surface area (Å²) < 4.78 is 5.23. The summed E-state index contributed by atoms with van der Waals surface area (Å²) in [4.78, 5) is 2.46. The van der Waals surface area contributed by atoms with Crippen LogP contribution in [0.2, 0.25) is 0 Å². The fourth-order valence-corrected chi connectivity index (χ4v) is 2.78. The van der Waals surface area contributed by atoms with Crippen molar-refractivity contribution >= 4 is 5.69 Å². The van der Waals surface area contributed by atoms with E-state index in [1.807, 2.05) is 12.1 Å². The number of anilines is 1. The fraction of sp³-hybridized carbons (Fsp3) is 0.400. The number of hydrogen-bond donors (Lipinski definition) is 1. The fourth-order valence-electron chi connectivity index (χ4n) is 2.78. The van der Waals surface area contributed by atoms with Crippen LogP contribution < -0.4 is 10.1 Å². The number of nitrogens with one attached hydrogen (secondary N) is 1. The SMILES string of the molecule is CCN(CC)CC(Cc1ccccc1)Nc1ccc(OC)cc1. The molecule has 23 heavy (non-hydrogen) atoms. The first-order valence-corrected chi connectivity index (χ1v) is 8.42. The van der Waals surface area contributed by atoms with Gasteiger partial charge >= 0.3 is 0 Å². The molecular weight excluding hydrogens is 284 g/mol. The van der Waals surface area contributed by atoms with Crippen LogP contribution in [0, 0.1) is 0 Å². The van der Waals surface area contributed by atoms with E-state index >= 15 is 0 Å². The molecule has 0 aromatic heterocycles. The van der Waals surface area contributed by atoms with Gasteiger partial charge < -0.3 is 15.0 Å². The summed E-state index contributed by atoms with van der Waals surface area (Å²) in [6.07, 6.45) is 1.02. The molecule has 0 amide bonds. The molecule has 1 N–H and O–H groups in total. The summed E-state index contributed by atoms with van der Waals surface area (Å²) in [6, 6.07) is 19.2.